The van der Waals surface area contributed by atoms with Crippen molar-refractivity contribution < 1.29 is 14.3 Å². The Balaban J connectivity index is 1.43. The first-order chi connectivity index (χ1) is 16.7. The number of hydrogen-bond donors (Lipinski definition) is 0. The lowest BCUT2D eigenvalue weighted by Crippen LogP contribution is -2.39. The van der Waals surface area contributed by atoms with Crippen LogP contribution >= 0.6 is 11.3 Å². The largest absolute Gasteiger partial charge is 0.494 e. The Kier molecular flexibility index (Phi) is 6.94. The van der Waals surface area contributed by atoms with E-state index in [1.165, 1.54) is 11.3 Å². The first kappa shape index (κ1) is 22.6. The fourth-order valence-electron chi connectivity index (χ4n) is 4.08. The number of carbonyl (C=O) groups excluding carboxylic acids is 1. The van der Waals surface area contributed by atoms with Gasteiger partial charge in [-0.1, -0.05) is 11.3 Å². The zero-order chi connectivity index (χ0) is 23.3. The molecule has 0 unspecified atom stereocenters. The second-order valence-corrected chi connectivity index (χ2v) is 9.09. The summed E-state index contributed by atoms with van der Waals surface area (Å²) in [6.45, 7) is 7.45. The molecule has 0 spiro atoms. The minimum atomic E-state index is -0.0846. The van der Waals surface area contributed by atoms with Crippen LogP contribution in [0.5, 0.6) is 5.75 Å². The Bertz CT molecular complexity index is 1290. The average Bonchev–Trinajstić information content (AvgIpc) is 3.30. The Labute approximate surface area is 202 Å². The minimum Gasteiger partial charge on any atom is -0.494 e. The molecule has 0 saturated carbocycles. The number of morpholine rings is 1. The van der Waals surface area contributed by atoms with Crippen LogP contribution in [0.4, 0.5) is 5.13 Å². The molecule has 0 radical (unpaired) electrons. The van der Waals surface area contributed by atoms with E-state index >= 15 is 0 Å². The fourth-order valence-corrected chi connectivity index (χ4v) is 5.10. The molecule has 9 heteroatoms. The topological polar surface area (TPSA) is 80.7 Å². The highest BCUT2D eigenvalue weighted by atomic mass is 32.1. The summed E-state index contributed by atoms with van der Waals surface area (Å²) in [6, 6.07) is 11.3. The van der Waals surface area contributed by atoms with Crippen LogP contribution in [-0.2, 0) is 4.74 Å². The van der Waals surface area contributed by atoms with Crippen molar-refractivity contribution in [3.63, 3.8) is 0 Å². The van der Waals surface area contributed by atoms with Crippen molar-refractivity contribution in [2.24, 2.45) is 0 Å². The van der Waals surface area contributed by atoms with Crippen LogP contribution in [-0.4, -0.2) is 71.8 Å². The standard InChI is InChI=1S/C25H27N5O3S/c1-2-33-19-5-7-21-23(17-19)34-25(28-21)30(11-3-10-29-12-14-32-15-13-29)24(31)18-4-6-20-22(16-18)27-9-8-26-20/h4-9,16-17H,2-3,10-15H2,1H3. The van der Waals surface area contributed by atoms with Crippen LogP contribution < -0.4 is 9.64 Å². The predicted molar refractivity (Wildman–Crippen MR) is 134 cm³/mol. The minimum absolute atomic E-state index is 0.0846. The van der Waals surface area contributed by atoms with Crippen LogP contribution in [0.25, 0.3) is 21.3 Å². The van der Waals surface area contributed by atoms with Crippen LogP contribution in [0.1, 0.15) is 23.7 Å². The van der Waals surface area contributed by atoms with E-state index in [2.05, 4.69) is 14.9 Å². The van der Waals surface area contributed by atoms with Crippen LogP contribution in [0, 0.1) is 0 Å². The molecule has 34 heavy (non-hydrogen) atoms. The maximum atomic E-state index is 13.7. The summed E-state index contributed by atoms with van der Waals surface area (Å²) in [5, 5.41) is 0.690. The van der Waals surface area contributed by atoms with Crippen molar-refractivity contribution in [1.82, 2.24) is 19.9 Å². The number of aromatic nitrogens is 3. The summed E-state index contributed by atoms with van der Waals surface area (Å²) < 4.78 is 12.1. The molecule has 0 bridgehead atoms. The molecule has 1 saturated heterocycles. The Hall–Kier alpha value is -3.14. The molecule has 1 fully saturated rings. The lowest BCUT2D eigenvalue weighted by molar-refractivity contribution is 0.0376. The average molecular weight is 478 g/mol. The predicted octanol–water partition coefficient (Wildman–Crippen LogP) is 4.01. The van der Waals surface area contributed by atoms with Gasteiger partial charge in [0, 0.05) is 44.1 Å². The number of amides is 1. The van der Waals surface area contributed by atoms with E-state index < -0.39 is 0 Å². The van der Waals surface area contributed by atoms with Crippen molar-refractivity contribution in [3.8, 4) is 5.75 Å². The molecule has 0 aliphatic carbocycles. The van der Waals surface area contributed by atoms with Gasteiger partial charge in [0.05, 0.1) is 41.1 Å². The molecular weight excluding hydrogens is 450 g/mol. The van der Waals surface area contributed by atoms with Gasteiger partial charge in [-0.2, -0.15) is 0 Å². The summed E-state index contributed by atoms with van der Waals surface area (Å²) in [4.78, 5) is 31.3. The maximum absolute atomic E-state index is 13.7. The van der Waals surface area contributed by atoms with Gasteiger partial charge in [0.1, 0.15) is 5.75 Å². The first-order valence-corrected chi connectivity index (χ1v) is 12.4. The number of anilines is 1. The van der Waals surface area contributed by atoms with Gasteiger partial charge in [-0.3, -0.25) is 24.6 Å². The number of rotatable bonds is 8. The monoisotopic (exact) mass is 477 g/mol. The number of hydrogen-bond acceptors (Lipinski definition) is 8. The van der Waals surface area contributed by atoms with Gasteiger partial charge in [-0.05, 0) is 49.7 Å². The Morgan fingerprint density at radius 3 is 2.71 bits per heavy atom. The SMILES string of the molecule is CCOc1ccc2nc(N(CCCN3CCOCC3)C(=O)c3ccc4nccnc4c3)sc2c1. The van der Waals surface area contributed by atoms with Crippen LogP contribution in [0.2, 0.25) is 0 Å². The lowest BCUT2D eigenvalue weighted by Gasteiger charge is -2.27. The van der Waals surface area contributed by atoms with Gasteiger partial charge in [0.2, 0.25) is 0 Å². The third kappa shape index (κ3) is 5.01. The first-order valence-electron chi connectivity index (χ1n) is 11.6. The number of nitrogens with zero attached hydrogens (tertiary/aromatic N) is 5. The van der Waals surface area contributed by atoms with Gasteiger partial charge in [-0.15, -0.1) is 0 Å². The van der Waals surface area contributed by atoms with Gasteiger partial charge in [-0.25, -0.2) is 4.98 Å². The zero-order valence-electron chi connectivity index (χ0n) is 19.1. The van der Waals surface area contributed by atoms with E-state index in [-0.39, 0.29) is 5.91 Å². The highest BCUT2D eigenvalue weighted by molar-refractivity contribution is 7.22. The third-order valence-electron chi connectivity index (χ3n) is 5.81. The maximum Gasteiger partial charge on any atom is 0.260 e. The highest BCUT2D eigenvalue weighted by Crippen LogP contribution is 2.32. The summed E-state index contributed by atoms with van der Waals surface area (Å²) in [5.41, 5.74) is 2.90. The summed E-state index contributed by atoms with van der Waals surface area (Å²) in [6.07, 6.45) is 4.14. The van der Waals surface area contributed by atoms with Crippen molar-refractivity contribution in [1.29, 1.82) is 0 Å². The van der Waals surface area contributed by atoms with E-state index in [9.17, 15) is 4.79 Å². The van der Waals surface area contributed by atoms with Crippen LogP contribution in [0.15, 0.2) is 48.8 Å². The molecule has 2 aromatic heterocycles. The number of ether oxygens (including phenoxy) is 2. The van der Waals surface area contributed by atoms with E-state index in [1.807, 2.05) is 37.3 Å². The molecule has 2 aromatic carbocycles. The van der Waals surface area contributed by atoms with Gasteiger partial charge in [0.25, 0.3) is 5.91 Å². The normalized spacial score (nSPS) is 14.5. The third-order valence-corrected chi connectivity index (χ3v) is 6.85. The Morgan fingerprint density at radius 2 is 1.88 bits per heavy atom. The quantitative estimate of drug-likeness (QED) is 0.379. The van der Waals surface area contributed by atoms with E-state index in [0.29, 0.717) is 29.4 Å². The molecule has 5 rings (SSSR count). The molecule has 1 amide bonds. The number of benzene rings is 2. The summed E-state index contributed by atoms with van der Waals surface area (Å²) in [5.74, 6) is 0.724. The summed E-state index contributed by atoms with van der Waals surface area (Å²) in [7, 11) is 0. The van der Waals surface area contributed by atoms with E-state index in [4.69, 9.17) is 14.5 Å². The second kappa shape index (κ2) is 10.4. The van der Waals surface area contributed by atoms with Gasteiger partial charge in [0.15, 0.2) is 5.13 Å². The number of thiazole rings is 1. The zero-order valence-corrected chi connectivity index (χ0v) is 20.0. The summed E-state index contributed by atoms with van der Waals surface area (Å²) >= 11 is 1.51. The van der Waals surface area contributed by atoms with Gasteiger partial charge < -0.3 is 9.47 Å². The van der Waals surface area contributed by atoms with Crippen molar-refractivity contribution in [3.05, 3.63) is 54.4 Å². The van der Waals surface area contributed by atoms with E-state index in [1.54, 1.807) is 23.4 Å². The van der Waals surface area contributed by atoms with Crippen LogP contribution in [0.3, 0.4) is 0 Å². The highest BCUT2D eigenvalue weighted by Gasteiger charge is 2.22. The van der Waals surface area contributed by atoms with Crippen molar-refractivity contribution >= 4 is 43.6 Å². The molecule has 8 nitrogen and oxygen atoms in total. The van der Waals surface area contributed by atoms with Crippen molar-refractivity contribution in [2.75, 3.05) is 50.9 Å². The molecule has 0 atom stereocenters. The second-order valence-electron chi connectivity index (χ2n) is 8.08. The molecule has 176 valence electrons. The molecule has 1 aliphatic rings. The van der Waals surface area contributed by atoms with E-state index in [0.717, 1.165) is 60.8 Å². The fraction of sp³-hybridized carbons (Fsp3) is 0.360. The molecule has 1 aliphatic heterocycles. The molecule has 4 aromatic rings. The number of fused-ring (bicyclic) bond motifs is 2. The molecule has 0 N–H and O–H groups in total. The van der Waals surface area contributed by atoms with Gasteiger partial charge >= 0.3 is 0 Å². The molecular formula is C25H27N5O3S. The van der Waals surface area contributed by atoms with Crippen molar-refractivity contribution in [2.45, 2.75) is 13.3 Å². The smallest absolute Gasteiger partial charge is 0.260 e. The lowest BCUT2D eigenvalue weighted by atomic mass is 10.1. The number of carbonyl (C=O) groups is 1. The molecule has 3 heterocycles. The Morgan fingerprint density at radius 1 is 1.09 bits per heavy atom.